The summed E-state index contributed by atoms with van der Waals surface area (Å²) in [5, 5.41) is 0. The van der Waals surface area contributed by atoms with E-state index in [1.165, 1.54) is 41.8 Å². The molecule has 0 unspecified atom stereocenters. The topological polar surface area (TPSA) is 0 Å². The van der Waals surface area contributed by atoms with Crippen LogP contribution in [0.5, 0.6) is 0 Å². The van der Waals surface area contributed by atoms with Gasteiger partial charge in [0.1, 0.15) is 0 Å². The van der Waals surface area contributed by atoms with Crippen LogP contribution in [0.4, 0.5) is 0 Å². The molecule has 0 saturated carbocycles. The summed E-state index contributed by atoms with van der Waals surface area (Å²) in [7, 11) is 0. The van der Waals surface area contributed by atoms with Crippen molar-refractivity contribution in [2.75, 3.05) is 0 Å². The number of aryl methyl sites for hydroxylation is 2. The highest BCUT2D eigenvalue weighted by Gasteiger charge is 1.97. The van der Waals surface area contributed by atoms with Gasteiger partial charge < -0.3 is 0 Å². The highest BCUT2D eigenvalue weighted by molar-refractivity contribution is 7.14. The second kappa shape index (κ2) is 9.71. The SMILES string of the molecule is Cc1ccc(/C=C/c2ccc(/C=C/c3ccc(/C=C/c4ccc(C)cc4)s3)s2)cc1. The average Bonchev–Trinajstić information content (AvgIpc) is 3.41. The van der Waals surface area contributed by atoms with E-state index in [1.807, 2.05) is 22.7 Å². The van der Waals surface area contributed by atoms with E-state index in [9.17, 15) is 0 Å². The van der Waals surface area contributed by atoms with Gasteiger partial charge in [0.25, 0.3) is 0 Å². The molecule has 4 rings (SSSR count). The molecule has 30 heavy (non-hydrogen) atoms. The predicted octanol–water partition coefficient (Wildman–Crippen LogP) is 8.94. The summed E-state index contributed by atoms with van der Waals surface area (Å²) in [4.78, 5) is 5.07. The number of hydrogen-bond acceptors (Lipinski definition) is 2. The van der Waals surface area contributed by atoms with Gasteiger partial charge in [0.2, 0.25) is 0 Å². The maximum atomic E-state index is 2.20. The van der Waals surface area contributed by atoms with Crippen molar-refractivity contribution in [3.05, 3.63) is 115 Å². The van der Waals surface area contributed by atoms with Gasteiger partial charge in [-0.3, -0.25) is 0 Å². The minimum atomic E-state index is 1.23. The third kappa shape index (κ3) is 5.79. The highest BCUT2D eigenvalue weighted by atomic mass is 32.1. The third-order valence-corrected chi connectivity index (χ3v) is 6.77. The van der Waals surface area contributed by atoms with E-state index in [-0.39, 0.29) is 0 Å². The van der Waals surface area contributed by atoms with E-state index in [0.717, 1.165) is 0 Å². The maximum Gasteiger partial charge on any atom is 0.0277 e. The van der Waals surface area contributed by atoms with Crippen LogP contribution in [0, 0.1) is 13.8 Å². The Morgan fingerprint density at radius 2 is 0.700 bits per heavy atom. The minimum absolute atomic E-state index is 1.23. The van der Waals surface area contributed by atoms with E-state index < -0.39 is 0 Å². The molecule has 0 amide bonds. The summed E-state index contributed by atoms with van der Waals surface area (Å²) < 4.78 is 0. The van der Waals surface area contributed by atoms with E-state index in [4.69, 9.17) is 0 Å². The first-order valence-electron chi connectivity index (χ1n) is 10.0. The van der Waals surface area contributed by atoms with Gasteiger partial charge in [0.05, 0.1) is 0 Å². The van der Waals surface area contributed by atoms with Gasteiger partial charge in [-0.25, -0.2) is 0 Å². The Balaban J connectivity index is 1.37. The summed E-state index contributed by atoms with van der Waals surface area (Å²) in [5.74, 6) is 0. The molecule has 4 aromatic rings. The molecule has 0 atom stereocenters. The molecule has 148 valence electrons. The second-order valence-corrected chi connectivity index (χ2v) is 9.60. The lowest BCUT2D eigenvalue weighted by atomic mass is 10.1. The third-order valence-electron chi connectivity index (χ3n) is 4.74. The molecule has 0 aliphatic heterocycles. The Morgan fingerprint density at radius 1 is 0.400 bits per heavy atom. The van der Waals surface area contributed by atoms with Gasteiger partial charge in [-0.1, -0.05) is 71.8 Å². The predicted molar refractivity (Wildman–Crippen MR) is 138 cm³/mol. The molecular formula is C28H24S2. The highest BCUT2D eigenvalue weighted by Crippen LogP contribution is 2.24. The molecule has 2 heterocycles. The van der Waals surface area contributed by atoms with Crippen LogP contribution in [-0.4, -0.2) is 0 Å². The normalized spacial score (nSPS) is 11.9. The zero-order valence-corrected chi connectivity index (χ0v) is 18.8. The van der Waals surface area contributed by atoms with Crippen LogP contribution in [0.1, 0.15) is 41.8 Å². The van der Waals surface area contributed by atoms with Crippen LogP contribution in [0.15, 0.2) is 72.8 Å². The van der Waals surface area contributed by atoms with Crippen LogP contribution in [-0.2, 0) is 0 Å². The zero-order chi connectivity index (χ0) is 20.8. The molecule has 0 spiro atoms. The van der Waals surface area contributed by atoms with Crippen molar-refractivity contribution in [3.8, 4) is 0 Å². The Hall–Kier alpha value is -2.94. The van der Waals surface area contributed by atoms with Gasteiger partial charge in [-0.05, 0) is 73.5 Å². The van der Waals surface area contributed by atoms with Crippen molar-refractivity contribution >= 4 is 59.1 Å². The Bertz CT molecular complexity index is 1080. The molecule has 0 fully saturated rings. The van der Waals surface area contributed by atoms with Crippen molar-refractivity contribution < 1.29 is 0 Å². The van der Waals surface area contributed by atoms with E-state index in [1.54, 1.807) is 0 Å². The maximum absolute atomic E-state index is 2.20. The van der Waals surface area contributed by atoms with Crippen molar-refractivity contribution in [2.24, 2.45) is 0 Å². The van der Waals surface area contributed by atoms with Crippen LogP contribution in [0.3, 0.4) is 0 Å². The fraction of sp³-hybridized carbons (Fsp3) is 0.0714. The fourth-order valence-corrected chi connectivity index (χ4v) is 4.60. The number of benzene rings is 2. The molecule has 2 aromatic heterocycles. The lowest BCUT2D eigenvalue weighted by molar-refractivity contribution is 1.46. The van der Waals surface area contributed by atoms with Crippen molar-refractivity contribution in [1.29, 1.82) is 0 Å². The van der Waals surface area contributed by atoms with Crippen molar-refractivity contribution in [1.82, 2.24) is 0 Å². The Morgan fingerprint density at radius 3 is 1.03 bits per heavy atom. The first kappa shape index (κ1) is 20.3. The van der Waals surface area contributed by atoms with E-state index in [2.05, 4.69) is 123 Å². The summed E-state index contributed by atoms with van der Waals surface area (Å²) in [6, 6.07) is 25.9. The molecule has 2 aromatic carbocycles. The monoisotopic (exact) mass is 424 g/mol. The molecule has 2 heteroatoms. The molecule has 0 N–H and O–H groups in total. The Labute approximate surface area is 187 Å². The van der Waals surface area contributed by atoms with E-state index in [0.29, 0.717) is 0 Å². The van der Waals surface area contributed by atoms with Gasteiger partial charge in [0.15, 0.2) is 0 Å². The summed E-state index contributed by atoms with van der Waals surface area (Å²) in [6.45, 7) is 4.23. The lowest BCUT2D eigenvalue weighted by Gasteiger charge is -1.94. The molecule has 0 nitrogen and oxygen atoms in total. The summed E-state index contributed by atoms with van der Waals surface area (Å²) >= 11 is 3.61. The van der Waals surface area contributed by atoms with Crippen LogP contribution < -0.4 is 0 Å². The zero-order valence-electron chi connectivity index (χ0n) is 17.2. The largest absolute Gasteiger partial charge is 0.137 e. The molecule has 0 saturated heterocycles. The molecule has 0 aliphatic rings. The lowest BCUT2D eigenvalue weighted by Crippen LogP contribution is -1.72. The second-order valence-electron chi connectivity index (χ2n) is 7.30. The fourth-order valence-electron chi connectivity index (χ4n) is 2.97. The van der Waals surface area contributed by atoms with Gasteiger partial charge in [-0.2, -0.15) is 0 Å². The van der Waals surface area contributed by atoms with Gasteiger partial charge in [0, 0.05) is 19.5 Å². The summed E-state index contributed by atoms with van der Waals surface area (Å²) in [6.07, 6.45) is 13.1. The van der Waals surface area contributed by atoms with Crippen LogP contribution in [0.25, 0.3) is 36.5 Å². The number of thiophene rings is 2. The standard InChI is InChI=1S/C28H24S2/c1-21-3-7-23(8-4-21)11-13-25-15-17-27(29-25)19-20-28-18-16-26(30-28)14-12-24-9-5-22(2)6-10-24/h3-20H,1-2H3/b13-11+,14-12+,20-19+. The number of hydrogen-bond donors (Lipinski definition) is 0. The smallest absolute Gasteiger partial charge is 0.0277 e. The summed E-state index contributed by atoms with van der Waals surface area (Å²) in [5.41, 5.74) is 5.04. The quantitative estimate of drug-likeness (QED) is 0.290. The van der Waals surface area contributed by atoms with Crippen LogP contribution in [0.2, 0.25) is 0 Å². The molecule has 0 aliphatic carbocycles. The average molecular weight is 425 g/mol. The number of rotatable bonds is 6. The molecule has 0 bridgehead atoms. The first-order chi connectivity index (χ1) is 14.6. The first-order valence-corrected chi connectivity index (χ1v) is 11.6. The Kier molecular flexibility index (Phi) is 6.58. The van der Waals surface area contributed by atoms with E-state index >= 15 is 0 Å². The van der Waals surface area contributed by atoms with Crippen molar-refractivity contribution in [2.45, 2.75) is 13.8 Å². The van der Waals surface area contributed by atoms with Gasteiger partial charge in [-0.15, -0.1) is 22.7 Å². The molecular weight excluding hydrogens is 400 g/mol. The minimum Gasteiger partial charge on any atom is -0.137 e. The van der Waals surface area contributed by atoms with Crippen LogP contribution >= 0.6 is 22.7 Å². The van der Waals surface area contributed by atoms with Gasteiger partial charge >= 0.3 is 0 Å². The van der Waals surface area contributed by atoms with Crippen molar-refractivity contribution in [3.63, 3.8) is 0 Å². The molecule has 0 radical (unpaired) electrons.